The maximum absolute atomic E-state index is 12.3. The van der Waals surface area contributed by atoms with Gasteiger partial charge in [-0.25, -0.2) is 0 Å². The van der Waals surface area contributed by atoms with Gasteiger partial charge < -0.3 is 9.47 Å². The predicted molar refractivity (Wildman–Crippen MR) is 47.9 cm³/mol. The van der Waals surface area contributed by atoms with E-state index in [1.807, 2.05) is 0 Å². The summed E-state index contributed by atoms with van der Waals surface area (Å²) in [6.07, 6.45) is -3.87. The molecule has 2 aliphatic heterocycles. The summed E-state index contributed by atoms with van der Waals surface area (Å²) in [7, 11) is 0. The third-order valence-corrected chi connectivity index (χ3v) is 3.21. The smallest absolute Gasteiger partial charge is 0.378 e. The van der Waals surface area contributed by atoms with E-state index >= 15 is 0 Å². The van der Waals surface area contributed by atoms with Crippen molar-refractivity contribution < 1.29 is 27.4 Å². The highest BCUT2D eigenvalue weighted by atomic mass is 19.4. The fraction of sp³-hybridized carbons (Fsp3) is 0.900. The quantitative estimate of drug-likeness (QED) is 0.697. The van der Waals surface area contributed by atoms with Crippen LogP contribution in [0.1, 0.15) is 19.3 Å². The maximum atomic E-state index is 12.3. The van der Waals surface area contributed by atoms with Gasteiger partial charge in [-0.05, 0) is 12.8 Å². The van der Waals surface area contributed by atoms with Gasteiger partial charge in [-0.3, -0.25) is 4.79 Å². The van der Waals surface area contributed by atoms with Crippen molar-refractivity contribution in [3.05, 3.63) is 0 Å². The Labute approximate surface area is 90.9 Å². The van der Waals surface area contributed by atoms with E-state index in [2.05, 4.69) is 0 Å². The summed E-state index contributed by atoms with van der Waals surface area (Å²) in [5, 5.41) is 0. The zero-order valence-electron chi connectivity index (χ0n) is 8.68. The normalized spacial score (nSPS) is 35.6. The first kappa shape index (κ1) is 11.9. The van der Waals surface area contributed by atoms with E-state index in [0.29, 0.717) is 19.6 Å². The van der Waals surface area contributed by atoms with E-state index in [1.54, 1.807) is 0 Å². The molecule has 0 bridgehead atoms. The van der Waals surface area contributed by atoms with Crippen molar-refractivity contribution in [2.45, 2.75) is 31.0 Å². The molecule has 2 saturated heterocycles. The third kappa shape index (κ3) is 2.22. The van der Waals surface area contributed by atoms with Crippen molar-refractivity contribution in [2.75, 3.05) is 19.8 Å². The van der Waals surface area contributed by atoms with E-state index in [9.17, 15) is 18.0 Å². The first-order chi connectivity index (χ1) is 7.43. The zero-order chi connectivity index (χ0) is 11.8. The number of ketones is 1. The van der Waals surface area contributed by atoms with Crippen molar-refractivity contribution in [3.63, 3.8) is 0 Å². The number of rotatable bonds is 1. The van der Waals surface area contributed by atoms with Crippen LogP contribution in [0.15, 0.2) is 0 Å². The molecule has 2 atom stereocenters. The molecular formula is C10H13F3O3. The summed E-state index contributed by atoms with van der Waals surface area (Å²) in [5.74, 6) is -2.59. The van der Waals surface area contributed by atoms with Gasteiger partial charge in [0.2, 0.25) is 5.78 Å². The first-order valence-electron chi connectivity index (χ1n) is 5.26. The molecule has 0 aliphatic carbocycles. The van der Waals surface area contributed by atoms with Crippen LogP contribution in [0.5, 0.6) is 0 Å². The maximum Gasteiger partial charge on any atom is 0.450 e. The lowest BCUT2D eigenvalue weighted by atomic mass is 9.83. The number of ether oxygens (including phenoxy) is 2. The molecule has 0 N–H and O–H groups in total. The molecule has 0 radical (unpaired) electrons. The van der Waals surface area contributed by atoms with Crippen molar-refractivity contribution in [1.29, 1.82) is 0 Å². The molecular weight excluding hydrogens is 225 g/mol. The Bertz CT molecular complexity index is 282. The molecule has 2 rings (SSSR count). The molecule has 0 aromatic rings. The Kier molecular flexibility index (Phi) is 2.96. The zero-order valence-corrected chi connectivity index (χ0v) is 8.68. The summed E-state index contributed by atoms with van der Waals surface area (Å²) in [6.45, 7) is 0.997. The number of carbonyl (C=O) groups is 1. The number of Topliss-reactive ketones (excluding diaryl/α,β-unsaturated/α-hetero) is 1. The van der Waals surface area contributed by atoms with E-state index in [1.165, 1.54) is 0 Å². The number of carbonyl (C=O) groups excluding carboxylic acids is 1. The third-order valence-electron chi connectivity index (χ3n) is 3.21. The Balaban J connectivity index is 2.04. The Morgan fingerprint density at radius 1 is 1.31 bits per heavy atom. The minimum atomic E-state index is -4.73. The van der Waals surface area contributed by atoms with E-state index < -0.39 is 23.5 Å². The van der Waals surface area contributed by atoms with Crippen LogP contribution in [0.25, 0.3) is 0 Å². The average molecular weight is 238 g/mol. The van der Waals surface area contributed by atoms with Crippen LogP contribution >= 0.6 is 0 Å². The topological polar surface area (TPSA) is 35.5 Å². The summed E-state index contributed by atoms with van der Waals surface area (Å²) in [4.78, 5) is 11.1. The molecule has 3 nitrogen and oxygen atoms in total. The highest BCUT2D eigenvalue weighted by Crippen LogP contribution is 2.38. The van der Waals surface area contributed by atoms with Crippen molar-refractivity contribution in [1.82, 2.24) is 0 Å². The fourth-order valence-corrected chi connectivity index (χ4v) is 2.35. The summed E-state index contributed by atoms with van der Waals surface area (Å²) in [5.41, 5.74) is -0.649. The molecule has 0 aromatic heterocycles. The molecule has 6 heteroatoms. The van der Waals surface area contributed by atoms with Gasteiger partial charge in [0.15, 0.2) is 0 Å². The van der Waals surface area contributed by atoms with Gasteiger partial charge in [0.1, 0.15) is 0 Å². The lowest BCUT2D eigenvalue weighted by Crippen LogP contribution is -2.45. The standard InChI is InChI=1S/C10H13F3O3/c11-10(12,13)8(14)7-1-3-16-9(5-7)2-4-15-6-9/h7H,1-6H2. The number of halogens is 3. The number of alkyl halides is 3. The molecule has 0 amide bonds. The van der Waals surface area contributed by atoms with Crippen molar-refractivity contribution in [3.8, 4) is 0 Å². The number of hydrogen-bond acceptors (Lipinski definition) is 3. The molecule has 2 fully saturated rings. The van der Waals surface area contributed by atoms with Gasteiger partial charge in [0.25, 0.3) is 0 Å². The minimum absolute atomic E-state index is 0.130. The SMILES string of the molecule is O=C(C1CCOC2(CCOC2)C1)C(F)(F)F. The van der Waals surface area contributed by atoms with Crippen molar-refractivity contribution >= 4 is 5.78 Å². The van der Waals surface area contributed by atoms with Crippen molar-refractivity contribution in [2.24, 2.45) is 5.92 Å². The largest absolute Gasteiger partial charge is 0.450 e. The van der Waals surface area contributed by atoms with Crippen LogP contribution in [0, 0.1) is 5.92 Å². The highest BCUT2D eigenvalue weighted by molar-refractivity contribution is 5.86. The molecule has 1 spiro atoms. The molecule has 16 heavy (non-hydrogen) atoms. The minimum Gasteiger partial charge on any atom is -0.378 e. The van der Waals surface area contributed by atoms with Gasteiger partial charge in [-0.1, -0.05) is 0 Å². The van der Waals surface area contributed by atoms with Crippen LogP contribution in [-0.2, 0) is 14.3 Å². The molecule has 2 aliphatic rings. The lowest BCUT2D eigenvalue weighted by molar-refractivity contribution is -0.183. The molecule has 2 unspecified atom stereocenters. The van der Waals surface area contributed by atoms with E-state index in [0.717, 1.165) is 0 Å². The second kappa shape index (κ2) is 4.00. The Morgan fingerprint density at radius 2 is 2.06 bits per heavy atom. The second-order valence-corrected chi connectivity index (χ2v) is 4.39. The second-order valence-electron chi connectivity index (χ2n) is 4.39. The monoisotopic (exact) mass is 238 g/mol. The molecule has 0 saturated carbocycles. The van der Waals surface area contributed by atoms with Gasteiger partial charge in [0, 0.05) is 25.6 Å². The van der Waals surface area contributed by atoms with Gasteiger partial charge >= 0.3 is 6.18 Å². The molecule has 2 heterocycles. The van der Waals surface area contributed by atoms with Crippen LogP contribution in [0.2, 0.25) is 0 Å². The highest BCUT2D eigenvalue weighted by Gasteiger charge is 2.49. The molecule has 92 valence electrons. The summed E-state index contributed by atoms with van der Waals surface area (Å²) >= 11 is 0. The van der Waals surface area contributed by atoms with Crippen LogP contribution in [-0.4, -0.2) is 37.4 Å². The van der Waals surface area contributed by atoms with Crippen LogP contribution in [0.3, 0.4) is 0 Å². The first-order valence-corrected chi connectivity index (χ1v) is 5.26. The van der Waals surface area contributed by atoms with Crippen LogP contribution < -0.4 is 0 Å². The van der Waals surface area contributed by atoms with Gasteiger partial charge in [0.05, 0.1) is 12.2 Å². The lowest BCUT2D eigenvalue weighted by Gasteiger charge is -2.36. The number of hydrogen-bond donors (Lipinski definition) is 0. The average Bonchev–Trinajstić information content (AvgIpc) is 2.64. The van der Waals surface area contributed by atoms with Gasteiger partial charge in [-0.15, -0.1) is 0 Å². The van der Waals surface area contributed by atoms with Gasteiger partial charge in [-0.2, -0.15) is 13.2 Å². The Hall–Kier alpha value is -0.620. The predicted octanol–water partition coefficient (Wildman–Crippen LogP) is 1.70. The summed E-state index contributed by atoms with van der Waals surface area (Å²) in [6, 6.07) is 0. The summed E-state index contributed by atoms with van der Waals surface area (Å²) < 4.78 is 47.5. The fourth-order valence-electron chi connectivity index (χ4n) is 2.35. The van der Waals surface area contributed by atoms with Crippen LogP contribution in [0.4, 0.5) is 13.2 Å². The van der Waals surface area contributed by atoms with E-state index in [4.69, 9.17) is 9.47 Å². The Morgan fingerprint density at radius 3 is 2.62 bits per heavy atom. The van der Waals surface area contributed by atoms with E-state index in [-0.39, 0.29) is 19.4 Å². The molecule has 0 aromatic carbocycles.